The number of aliphatic carboxylic acids is 1. The van der Waals surface area contributed by atoms with Crippen LogP contribution in [0.15, 0.2) is 30.3 Å². The Hall–Kier alpha value is -1.35. The van der Waals surface area contributed by atoms with Crippen molar-refractivity contribution < 1.29 is 9.90 Å². The van der Waals surface area contributed by atoms with Crippen molar-refractivity contribution in [2.45, 2.75) is 45.2 Å². The normalized spacial score (nSPS) is 11.4. The molecule has 0 atom stereocenters. The molecule has 0 saturated heterocycles. The number of carboxylic acids is 1. The predicted octanol–water partition coefficient (Wildman–Crippen LogP) is 2.81. The standard InChI is InChI=1S/C14H21NO2/c1-3-14(4-2,10-13(16)17)15-11-12-8-6-5-7-9-12/h5-9,15H,3-4,10-11H2,1-2H3,(H,16,17). The molecule has 1 aromatic carbocycles. The van der Waals surface area contributed by atoms with Gasteiger partial charge in [-0.1, -0.05) is 44.2 Å². The fourth-order valence-corrected chi connectivity index (χ4v) is 1.99. The van der Waals surface area contributed by atoms with E-state index in [0.717, 1.165) is 19.4 Å². The van der Waals surface area contributed by atoms with Gasteiger partial charge in [0.2, 0.25) is 0 Å². The van der Waals surface area contributed by atoms with E-state index in [0.29, 0.717) is 0 Å². The number of benzene rings is 1. The maximum atomic E-state index is 10.9. The summed E-state index contributed by atoms with van der Waals surface area (Å²) < 4.78 is 0. The molecule has 17 heavy (non-hydrogen) atoms. The Morgan fingerprint density at radius 3 is 2.29 bits per heavy atom. The van der Waals surface area contributed by atoms with E-state index in [4.69, 9.17) is 5.11 Å². The van der Waals surface area contributed by atoms with Crippen LogP contribution in [-0.2, 0) is 11.3 Å². The van der Waals surface area contributed by atoms with Gasteiger partial charge in [0.25, 0.3) is 0 Å². The minimum Gasteiger partial charge on any atom is -0.481 e. The van der Waals surface area contributed by atoms with Crippen LogP contribution in [0, 0.1) is 0 Å². The van der Waals surface area contributed by atoms with E-state index in [-0.39, 0.29) is 12.0 Å². The zero-order valence-corrected chi connectivity index (χ0v) is 10.6. The first kappa shape index (κ1) is 13.7. The van der Waals surface area contributed by atoms with E-state index in [1.165, 1.54) is 5.56 Å². The third-order valence-electron chi connectivity index (χ3n) is 3.35. The second-order valence-electron chi connectivity index (χ2n) is 4.40. The highest BCUT2D eigenvalue weighted by atomic mass is 16.4. The van der Waals surface area contributed by atoms with Crippen molar-refractivity contribution in [1.82, 2.24) is 5.32 Å². The van der Waals surface area contributed by atoms with Crippen LogP contribution in [0.5, 0.6) is 0 Å². The SMILES string of the molecule is CCC(CC)(CC(=O)O)NCc1ccccc1. The summed E-state index contributed by atoms with van der Waals surface area (Å²) in [7, 11) is 0. The Bertz CT molecular complexity index is 344. The molecule has 0 aliphatic heterocycles. The van der Waals surface area contributed by atoms with Crippen molar-refractivity contribution >= 4 is 5.97 Å². The maximum Gasteiger partial charge on any atom is 0.305 e. The zero-order chi connectivity index (χ0) is 12.7. The quantitative estimate of drug-likeness (QED) is 0.764. The number of carbonyl (C=O) groups is 1. The lowest BCUT2D eigenvalue weighted by Crippen LogP contribution is -2.45. The second-order valence-corrected chi connectivity index (χ2v) is 4.40. The van der Waals surface area contributed by atoms with Gasteiger partial charge in [-0.3, -0.25) is 4.79 Å². The topological polar surface area (TPSA) is 49.3 Å². The molecule has 0 radical (unpaired) electrons. The summed E-state index contributed by atoms with van der Waals surface area (Å²) in [6.45, 7) is 4.78. The monoisotopic (exact) mass is 235 g/mol. The van der Waals surface area contributed by atoms with E-state index < -0.39 is 5.97 Å². The molecule has 0 heterocycles. The fraction of sp³-hybridized carbons (Fsp3) is 0.500. The Balaban J connectivity index is 2.64. The van der Waals surface area contributed by atoms with Crippen LogP contribution < -0.4 is 5.32 Å². The smallest absolute Gasteiger partial charge is 0.305 e. The van der Waals surface area contributed by atoms with Crippen molar-refractivity contribution in [2.24, 2.45) is 0 Å². The molecule has 94 valence electrons. The van der Waals surface area contributed by atoms with Gasteiger partial charge in [0.05, 0.1) is 6.42 Å². The third kappa shape index (κ3) is 4.19. The highest BCUT2D eigenvalue weighted by Crippen LogP contribution is 2.20. The van der Waals surface area contributed by atoms with Gasteiger partial charge in [-0.05, 0) is 18.4 Å². The molecular formula is C14H21NO2. The van der Waals surface area contributed by atoms with Crippen molar-refractivity contribution in [1.29, 1.82) is 0 Å². The Labute approximate surface area is 103 Å². The number of hydrogen-bond donors (Lipinski definition) is 2. The molecule has 0 bridgehead atoms. The van der Waals surface area contributed by atoms with E-state index in [9.17, 15) is 4.79 Å². The third-order valence-corrected chi connectivity index (χ3v) is 3.35. The van der Waals surface area contributed by atoms with E-state index in [1.807, 2.05) is 44.2 Å². The summed E-state index contributed by atoms with van der Waals surface area (Å²) >= 11 is 0. The Morgan fingerprint density at radius 2 is 1.82 bits per heavy atom. The number of nitrogens with one attached hydrogen (secondary N) is 1. The molecule has 1 rings (SSSR count). The van der Waals surface area contributed by atoms with Crippen LogP contribution in [-0.4, -0.2) is 16.6 Å². The van der Waals surface area contributed by atoms with Crippen molar-refractivity contribution in [2.75, 3.05) is 0 Å². The van der Waals surface area contributed by atoms with Gasteiger partial charge in [-0.25, -0.2) is 0 Å². The predicted molar refractivity (Wildman–Crippen MR) is 68.8 cm³/mol. The van der Waals surface area contributed by atoms with E-state index >= 15 is 0 Å². The minimum absolute atomic E-state index is 0.173. The van der Waals surface area contributed by atoms with Crippen LogP contribution in [0.3, 0.4) is 0 Å². The molecule has 2 N–H and O–H groups in total. The summed E-state index contributed by atoms with van der Waals surface area (Å²) in [5.41, 5.74) is 0.894. The molecular weight excluding hydrogens is 214 g/mol. The van der Waals surface area contributed by atoms with Crippen LogP contribution in [0.2, 0.25) is 0 Å². The molecule has 0 amide bonds. The lowest BCUT2D eigenvalue weighted by Gasteiger charge is -2.31. The fourth-order valence-electron chi connectivity index (χ4n) is 1.99. The van der Waals surface area contributed by atoms with Gasteiger partial charge in [0.15, 0.2) is 0 Å². The second kappa shape index (κ2) is 6.40. The summed E-state index contributed by atoms with van der Waals surface area (Å²) in [6.07, 6.45) is 1.82. The first-order valence-corrected chi connectivity index (χ1v) is 6.12. The van der Waals surface area contributed by atoms with Gasteiger partial charge in [0.1, 0.15) is 0 Å². The molecule has 3 heteroatoms. The average Bonchev–Trinajstić information content (AvgIpc) is 2.35. The highest BCUT2D eigenvalue weighted by Gasteiger charge is 2.28. The van der Waals surface area contributed by atoms with Gasteiger partial charge in [-0.15, -0.1) is 0 Å². The Morgan fingerprint density at radius 1 is 1.24 bits per heavy atom. The van der Waals surface area contributed by atoms with E-state index in [2.05, 4.69) is 5.32 Å². The van der Waals surface area contributed by atoms with Crippen LogP contribution in [0.1, 0.15) is 38.7 Å². The Kier molecular flexibility index (Phi) is 5.16. The summed E-state index contributed by atoms with van der Waals surface area (Å²) in [4.78, 5) is 10.9. The van der Waals surface area contributed by atoms with Crippen LogP contribution >= 0.6 is 0 Å². The van der Waals surface area contributed by atoms with Gasteiger partial charge >= 0.3 is 5.97 Å². The van der Waals surface area contributed by atoms with Gasteiger partial charge in [0, 0.05) is 12.1 Å². The largest absolute Gasteiger partial charge is 0.481 e. The van der Waals surface area contributed by atoms with Crippen LogP contribution in [0.4, 0.5) is 0 Å². The molecule has 3 nitrogen and oxygen atoms in total. The van der Waals surface area contributed by atoms with Crippen molar-refractivity contribution in [3.8, 4) is 0 Å². The number of hydrogen-bond acceptors (Lipinski definition) is 2. The lowest BCUT2D eigenvalue weighted by molar-refractivity contribution is -0.138. The number of rotatable bonds is 7. The molecule has 0 aromatic heterocycles. The van der Waals surface area contributed by atoms with E-state index in [1.54, 1.807) is 0 Å². The van der Waals surface area contributed by atoms with Crippen LogP contribution in [0.25, 0.3) is 0 Å². The summed E-state index contributed by atoms with van der Waals surface area (Å²) in [5, 5.41) is 12.4. The number of carboxylic acid groups (broad SMARTS) is 1. The summed E-state index contributed by atoms with van der Waals surface area (Å²) in [5.74, 6) is -0.741. The zero-order valence-electron chi connectivity index (χ0n) is 10.6. The lowest BCUT2D eigenvalue weighted by atomic mass is 9.88. The maximum absolute atomic E-state index is 10.9. The molecule has 0 aliphatic carbocycles. The summed E-state index contributed by atoms with van der Waals surface area (Å²) in [6, 6.07) is 10.1. The molecule has 0 spiro atoms. The minimum atomic E-state index is -0.741. The first-order chi connectivity index (χ1) is 8.12. The van der Waals surface area contributed by atoms with Gasteiger partial charge in [-0.2, -0.15) is 0 Å². The molecule has 0 fully saturated rings. The molecule has 0 saturated carbocycles. The highest BCUT2D eigenvalue weighted by molar-refractivity contribution is 5.68. The molecule has 0 unspecified atom stereocenters. The van der Waals surface area contributed by atoms with Crippen molar-refractivity contribution in [3.05, 3.63) is 35.9 Å². The van der Waals surface area contributed by atoms with Crippen molar-refractivity contribution in [3.63, 3.8) is 0 Å². The molecule has 0 aliphatic rings. The average molecular weight is 235 g/mol. The first-order valence-electron chi connectivity index (χ1n) is 6.12. The van der Waals surface area contributed by atoms with Gasteiger partial charge < -0.3 is 10.4 Å². The molecule has 1 aromatic rings.